The number of benzene rings is 3. The van der Waals surface area contributed by atoms with Gasteiger partial charge in [0.15, 0.2) is 0 Å². The predicted molar refractivity (Wildman–Crippen MR) is 112 cm³/mol. The molecule has 1 unspecified atom stereocenters. The van der Waals surface area contributed by atoms with Gasteiger partial charge in [0, 0.05) is 29.3 Å². The zero-order valence-electron chi connectivity index (χ0n) is 16.1. The SMILES string of the molecule is Cc1cccc2c1C(C)(c1ccc(Cl)cc1)N(Cc1ccc([N+](=O)[O-])cc1)C2=O. The Morgan fingerprint density at radius 2 is 1.69 bits per heavy atom. The minimum absolute atomic E-state index is 0.0288. The number of halogens is 1. The zero-order valence-corrected chi connectivity index (χ0v) is 16.8. The molecule has 5 nitrogen and oxygen atoms in total. The van der Waals surface area contributed by atoms with Crippen LogP contribution in [0.1, 0.15) is 39.5 Å². The van der Waals surface area contributed by atoms with Crippen LogP contribution in [0.2, 0.25) is 5.02 Å². The van der Waals surface area contributed by atoms with Gasteiger partial charge < -0.3 is 4.90 Å². The fourth-order valence-electron chi connectivity index (χ4n) is 4.19. The van der Waals surface area contributed by atoms with Crippen molar-refractivity contribution in [1.82, 2.24) is 4.90 Å². The van der Waals surface area contributed by atoms with Crippen LogP contribution in [0.5, 0.6) is 0 Å². The Morgan fingerprint density at radius 3 is 2.31 bits per heavy atom. The Morgan fingerprint density at radius 1 is 1.03 bits per heavy atom. The number of hydrogen-bond acceptors (Lipinski definition) is 3. The molecule has 0 aliphatic carbocycles. The van der Waals surface area contributed by atoms with Crippen LogP contribution in [0.25, 0.3) is 0 Å². The summed E-state index contributed by atoms with van der Waals surface area (Å²) in [5.74, 6) is -0.0560. The summed E-state index contributed by atoms with van der Waals surface area (Å²) in [7, 11) is 0. The molecule has 1 aliphatic heterocycles. The van der Waals surface area contributed by atoms with Crippen LogP contribution in [-0.2, 0) is 12.1 Å². The quantitative estimate of drug-likeness (QED) is 0.426. The van der Waals surface area contributed by atoms with E-state index < -0.39 is 10.5 Å². The molecule has 0 bridgehead atoms. The van der Waals surface area contributed by atoms with Crippen molar-refractivity contribution in [2.75, 3.05) is 0 Å². The molecule has 1 heterocycles. The first-order valence-corrected chi connectivity index (χ1v) is 9.61. The number of fused-ring (bicyclic) bond motifs is 1. The maximum absolute atomic E-state index is 13.4. The van der Waals surface area contributed by atoms with E-state index in [0.29, 0.717) is 17.1 Å². The molecule has 0 saturated carbocycles. The molecule has 6 heteroatoms. The molecule has 0 N–H and O–H groups in total. The standard InChI is InChI=1S/C23H19ClN2O3/c1-15-4-3-5-20-21(15)23(2,17-8-10-18(24)11-9-17)25(22(20)27)14-16-6-12-19(13-7-16)26(28)29/h3-13H,14H2,1-2H3. The molecule has 3 aromatic rings. The minimum atomic E-state index is -0.676. The molecule has 1 atom stereocenters. The van der Waals surface area contributed by atoms with Gasteiger partial charge >= 0.3 is 0 Å². The molecule has 3 aromatic carbocycles. The lowest BCUT2D eigenvalue weighted by atomic mass is 9.82. The topological polar surface area (TPSA) is 63.4 Å². The van der Waals surface area contributed by atoms with Crippen molar-refractivity contribution in [2.45, 2.75) is 25.9 Å². The lowest BCUT2D eigenvalue weighted by Gasteiger charge is -2.37. The average Bonchev–Trinajstić information content (AvgIpc) is 2.92. The van der Waals surface area contributed by atoms with Crippen LogP contribution in [0, 0.1) is 17.0 Å². The summed E-state index contributed by atoms with van der Waals surface area (Å²) in [6.45, 7) is 4.39. The lowest BCUT2D eigenvalue weighted by molar-refractivity contribution is -0.384. The van der Waals surface area contributed by atoms with Gasteiger partial charge in [0.2, 0.25) is 0 Å². The number of non-ortho nitro benzene ring substituents is 1. The van der Waals surface area contributed by atoms with Crippen molar-refractivity contribution in [2.24, 2.45) is 0 Å². The van der Waals surface area contributed by atoms with E-state index in [2.05, 4.69) is 0 Å². The number of carbonyl (C=O) groups is 1. The molecule has 1 aliphatic rings. The number of carbonyl (C=O) groups excluding carboxylic acids is 1. The van der Waals surface area contributed by atoms with Gasteiger partial charge in [0.05, 0.1) is 10.5 Å². The van der Waals surface area contributed by atoms with Crippen molar-refractivity contribution in [1.29, 1.82) is 0 Å². The van der Waals surface area contributed by atoms with Crippen molar-refractivity contribution in [3.63, 3.8) is 0 Å². The largest absolute Gasteiger partial charge is 0.321 e. The maximum atomic E-state index is 13.4. The van der Waals surface area contributed by atoms with Gasteiger partial charge in [-0.15, -0.1) is 0 Å². The third kappa shape index (κ3) is 3.08. The van der Waals surface area contributed by atoms with Gasteiger partial charge in [-0.1, -0.05) is 48.0 Å². The zero-order chi connectivity index (χ0) is 20.8. The Balaban J connectivity index is 1.83. The van der Waals surface area contributed by atoms with Gasteiger partial charge in [-0.05, 0) is 54.3 Å². The Kier molecular flexibility index (Phi) is 4.63. The van der Waals surface area contributed by atoms with Gasteiger partial charge in [-0.2, -0.15) is 0 Å². The average molecular weight is 407 g/mol. The molecule has 0 saturated heterocycles. The van der Waals surface area contributed by atoms with E-state index in [-0.39, 0.29) is 11.6 Å². The number of nitro benzene ring substituents is 1. The normalized spacial score (nSPS) is 18.0. The van der Waals surface area contributed by atoms with E-state index in [1.54, 1.807) is 12.1 Å². The molecule has 146 valence electrons. The molecule has 1 amide bonds. The third-order valence-electron chi connectivity index (χ3n) is 5.67. The van der Waals surface area contributed by atoms with E-state index in [1.165, 1.54) is 12.1 Å². The second-order valence-electron chi connectivity index (χ2n) is 7.39. The summed E-state index contributed by atoms with van der Waals surface area (Å²) < 4.78 is 0. The number of hydrogen-bond donors (Lipinski definition) is 0. The first-order chi connectivity index (χ1) is 13.8. The summed E-state index contributed by atoms with van der Waals surface area (Å²) in [6, 6.07) is 19.6. The van der Waals surface area contributed by atoms with Crippen molar-refractivity contribution in [3.05, 3.63) is 110 Å². The summed E-state index contributed by atoms with van der Waals surface area (Å²) in [6.07, 6.45) is 0. The third-order valence-corrected chi connectivity index (χ3v) is 5.92. The Labute approximate surface area is 173 Å². The second-order valence-corrected chi connectivity index (χ2v) is 7.83. The lowest BCUT2D eigenvalue weighted by Crippen LogP contribution is -2.42. The van der Waals surface area contributed by atoms with Crippen molar-refractivity contribution < 1.29 is 9.72 Å². The molecule has 0 aromatic heterocycles. The molecule has 0 fully saturated rings. The molecule has 29 heavy (non-hydrogen) atoms. The van der Waals surface area contributed by atoms with E-state index in [1.807, 2.05) is 61.2 Å². The highest BCUT2D eigenvalue weighted by atomic mass is 35.5. The number of aryl methyl sites for hydroxylation is 1. The molecular formula is C23H19ClN2O3. The van der Waals surface area contributed by atoms with Gasteiger partial charge in [0.1, 0.15) is 0 Å². The van der Waals surface area contributed by atoms with Crippen LogP contribution < -0.4 is 0 Å². The van der Waals surface area contributed by atoms with E-state index >= 15 is 0 Å². The van der Waals surface area contributed by atoms with Crippen molar-refractivity contribution in [3.8, 4) is 0 Å². The molecule has 4 rings (SSSR count). The summed E-state index contributed by atoms with van der Waals surface area (Å²) in [5, 5.41) is 11.6. The fraction of sp³-hybridized carbons (Fsp3) is 0.174. The van der Waals surface area contributed by atoms with E-state index in [9.17, 15) is 14.9 Å². The maximum Gasteiger partial charge on any atom is 0.269 e. The fourth-order valence-corrected chi connectivity index (χ4v) is 4.31. The highest BCUT2D eigenvalue weighted by molar-refractivity contribution is 6.30. The predicted octanol–water partition coefficient (Wildman–Crippen LogP) is 5.48. The molecular weight excluding hydrogens is 388 g/mol. The molecule has 0 radical (unpaired) electrons. The smallest absolute Gasteiger partial charge is 0.269 e. The first-order valence-electron chi connectivity index (χ1n) is 9.24. The number of nitro groups is 1. The van der Waals surface area contributed by atoms with Gasteiger partial charge in [0.25, 0.3) is 11.6 Å². The Hall–Kier alpha value is -3.18. The highest BCUT2D eigenvalue weighted by Crippen LogP contribution is 2.46. The second kappa shape index (κ2) is 7.01. The van der Waals surface area contributed by atoms with Gasteiger partial charge in [-0.3, -0.25) is 14.9 Å². The highest BCUT2D eigenvalue weighted by Gasteiger charge is 2.48. The van der Waals surface area contributed by atoms with Crippen LogP contribution in [0.15, 0.2) is 66.7 Å². The van der Waals surface area contributed by atoms with Crippen LogP contribution in [0.3, 0.4) is 0 Å². The molecule has 0 spiro atoms. The summed E-state index contributed by atoms with van der Waals surface area (Å²) in [5.41, 5.74) is 3.85. The van der Waals surface area contributed by atoms with E-state index in [4.69, 9.17) is 11.6 Å². The number of amides is 1. The van der Waals surface area contributed by atoms with Gasteiger partial charge in [-0.25, -0.2) is 0 Å². The summed E-state index contributed by atoms with van der Waals surface area (Å²) in [4.78, 5) is 25.7. The van der Waals surface area contributed by atoms with Crippen LogP contribution in [-0.4, -0.2) is 15.7 Å². The van der Waals surface area contributed by atoms with Crippen molar-refractivity contribution >= 4 is 23.2 Å². The van der Waals surface area contributed by atoms with Crippen LogP contribution in [0.4, 0.5) is 5.69 Å². The monoisotopic (exact) mass is 406 g/mol. The first kappa shape index (κ1) is 19.2. The van der Waals surface area contributed by atoms with Crippen LogP contribution >= 0.6 is 11.6 Å². The minimum Gasteiger partial charge on any atom is -0.321 e. The Bertz CT molecular complexity index is 1110. The van der Waals surface area contributed by atoms with E-state index in [0.717, 1.165) is 22.3 Å². The number of rotatable bonds is 4. The number of nitrogens with zero attached hydrogens (tertiary/aromatic N) is 2. The summed E-state index contributed by atoms with van der Waals surface area (Å²) >= 11 is 6.09.